The van der Waals surface area contributed by atoms with Crippen molar-refractivity contribution in [3.63, 3.8) is 0 Å². The van der Waals surface area contributed by atoms with E-state index in [9.17, 15) is 4.79 Å². The fourth-order valence-electron chi connectivity index (χ4n) is 4.38. The molecule has 0 aliphatic carbocycles. The number of aryl methyl sites for hydroxylation is 1. The number of amides is 1. The van der Waals surface area contributed by atoms with Crippen LogP contribution in [0.5, 0.6) is 0 Å². The van der Waals surface area contributed by atoms with Gasteiger partial charge in [0.05, 0.1) is 17.4 Å². The molecule has 4 rings (SSSR count). The zero-order valence-corrected chi connectivity index (χ0v) is 17.3. The standard InChI is InChI=1S/C22H31N5O/c1-17-15-20(22(28)26-13-11-24(3)12-14-26)18(2)27(17)19-7-8-21(23-16-19)25-9-5-4-6-10-25/h7-8,15-16H,4-6,9-14H2,1-3H3. The minimum atomic E-state index is 0.144. The Morgan fingerprint density at radius 3 is 2.32 bits per heavy atom. The van der Waals surface area contributed by atoms with E-state index in [-0.39, 0.29) is 5.91 Å². The van der Waals surface area contributed by atoms with Crippen molar-refractivity contribution in [2.45, 2.75) is 33.1 Å². The Kier molecular flexibility index (Phi) is 5.40. The Balaban J connectivity index is 1.56. The van der Waals surface area contributed by atoms with E-state index in [4.69, 9.17) is 4.98 Å². The van der Waals surface area contributed by atoms with Crippen molar-refractivity contribution in [1.29, 1.82) is 0 Å². The average Bonchev–Trinajstić information content (AvgIpc) is 3.03. The molecule has 2 aliphatic rings. The van der Waals surface area contributed by atoms with E-state index in [0.717, 1.165) is 67.7 Å². The summed E-state index contributed by atoms with van der Waals surface area (Å²) in [5.41, 5.74) is 3.90. The van der Waals surface area contributed by atoms with E-state index in [1.54, 1.807) is 0 Å². The van der Waals surface area contributed by atoms with Crippen molar-refractivity contribution in [3.8, 4) is 5.69 Å². The summed E-state index contributed by atoms with van der Waals surface area (Å²) < 4.78 is 2.15. The van der Waals surface area contributed by atoms with Crippen LogP contribution in [0.25, 0.3) is 5.69 Å². The minimum absolute atomic E-state index is 0.144. The molecule has 2 aromatic heterocycles. The van der Waals surface area contributed by atoms with Gasteiger partial charge in [-0.3, -0.25) is 4.79 Å². The second kappa shape index (κ2) is 7.95. The Bertz CT molecular complexity index is 827. The molecule has 2 aromatic rings. The summed E-state index contributed by atoms with van der Waals surface area (Å²) in [6, 6.07) is 6.26. The van der Waals surface area contributed by atoms with Gasteiger partial charge in [0.1, 0.15) is 5.82 Å². The van der Waals surface area contributed by atoms with Crippen molar-refractivity contribution < 1.29 is 4.79 Å². The van der Waals surface area contributed by atoms with Gasteiger partial charge in [0.15, 0.2) is 0 Å². The molecule has 0 aromatic carbocycles. The normalized spacial score (nSPS) is 18.5. The molecule has 4 heterocycles. The number of hydrogen-bond donors (Lipinski definition) is 0. The third-order valence-corrected chi connectivity index (χ3v) is 6.12. The van der Waals surface area contributed by atoms with Crippen molar-refractivity contribution >= 4 is 11.7 Å². The van der Waals surface area contributed by atoms with Gasteiger partial charge in [-0.15, -0.1) is 0 Å². The first-order chi connectivity index (χ1) is 13.5. The van der Waals surface area contributed by atoms with Crippen LogP contribution in [0.2, 0.25) is 0 Å². The van der Waals surface area contributed by atoms with E-state index >= 15 is 0 Å². The number of piperidine rings is 1. The van der Waals surface area contributed by atoms with Crippen molar-refractivity contribution in [3.05, 3.63) is 41.3 Å². The van der Waals surface area contributed by atoms with E-state index in [2.05, 4.69) is 40.5 Å². The van der Waals surface area contributed by atoms with Crippen LogP contribution in [-0.2, 0) is 0 Å². The minimum Gasteiger partial charge on any atom is -0.357 e. The lowest BCUT2D eigenvalue weighted by Gasteiger charge is -2.32. The quantitative estimate of drug-likeness (QED) is 0.820. The number of aromatic nitrogens is 2. The van der Waals surface area contributed by atoms with Crippen LogP contribution in [-0.4, -0.2) is 71.6 Å². The van der Waals surface area contributed by atoms with Gasteiger partial charge in [-0.2, -0.15) is 0 Å². The van der Waals surface area contributed by atoms with E-state index in [1.807, 2.05) is 24.1 Å². The Hall–Kier alpha value is -2.34. The van der Waals surface area contributed by atoms with Gasteiger partial charge in [-0.05, 0) is 58.4 Å². The second-order valence-electron chi connectivity index (χ2n) is 8.14. The number of likely N-dealkylation sites (N-methyl/N-ethyl adjacent to an activating group) is 1. The third kappa shape index (κ3) is 3.65. The van der Waals surface area contributed by atoms with Crippen LogP contribution in [0.15, 0.2) is 24.4 Å². The van der Waals surface area contributed by atoms with Crippen molar-refractivity contribution in [2.75, 3.05) is 51.2 Å². The first-order valence-corrected chi connectivity index (χ1v) is 10.4. The average molecular weight is 382 g/mol. The molecule has 0 radical (unpaired) electrons. The lowest BCUT2D eigenvalue weighted by atomic mass is 10.1. The van der Waals surface area contributed by atoms with E-state index in [1.165, 1.54) is 19.3 Å². The first-order valence-electron chi connectivity index (χ1n) is 10.4. The van der Waals surface area contributed by atoms with Crippen molar-refractivity contribution in [1.82, 2.24) is 19.4 Å². The van der Waals surface area contributed by atoms with Crippen LogP contribution in [0.3, 0.4) is 0 Å². The number of carbonyl (C=O) groups excluding carboxylic acids is 1. The van der Waals surface area contributed by atoms with Crippen molar-refractivity contribution in [2.24, 2.45) is 0 Å². The summed E-state index contributed by atoms with van der Waals surface area (Å²) >= 11 is 0. The first kappa shape index (κ1) is 19.0. The SMILES string of the molecule is Cc1cc(C(=O)N2CCN(C)CC2)c(C)n1-c1ccc(N2CCCCC2)nc1. The molecule has 150 valence electrons. The van der Waals surface area contributed by atoms with Gasteiger partial charge in [0, 0.05) is 50.7 Å². The number of rotatable bonds is 3. The molecule has 6 nitrogen and oxygen atoms in total. The molecule has 28 heavy (non-hydrogen) atoms. The maximum Gasteiger partial charge on any atom is 0.255 e. The summed E-state index contributed by atoms with van der Waals surface area (Å²) in [4.78, 5) is 24.4. The molecule has 0 atom stereocenters. The highest BCUT2D eigenvalue weighted by atomic mass is 16.2. The smallest absolute Gasteiger partial charge is 0.255 e. The second-order valence-corrected chi connectivity index (χ2v) is 8.14. The lowest BCUT2D eigenvalue weighted by molar-refractivity contribution is 0.0663. The molecular formula is C22H31N5O. The van der Waals surface area contributed by atoms with Crippen LogP contribution in [0.4, 0.5) is 5.82 Å². The summed E-state index contributed by atoms with van der Waals surface area (Å²) in [6.07, 6.45) is 5.75. The van der Waals surface area contributed by atoms with Gasteiger partial charge in [-0.25, -0.2) is 4.98 Å². The molecule has 0 spiro atoms. The molecule has 0 N–H and O–H groups in total. The number of carbonyl (C=O) groups is 1. The molecular weight excluding hydrogens is 350 g/mol. The number of pyridine rings is 1. The Labute approximate surface area is 167 Å². The summed E-state index contributed by atoms with van der Waals surface area (Å²) in [5, 5.41) is 0. The molecule has 0 saturated carbocycles. The van der Waals surface area contributed by atoms with Gasteiger partial charge in [0.25, 0.3) is 5.91 Å². The van der Waals surface area contributed by atoms with E-state index in [0.29, 0.717) is 0 Å². The largest absolute Gasteiger partial charge is 0.357 e. The highest BCUT2D eigenvalue weighted by Crippen LogP contribution is 2.24. The number of hydrogen-bond acceptors (Lipinski definition) is 4. The zero-order valence-electron chi connectivity index (χ0n) is 17.3. The number of piperazine rings is 1. The Morgan fingerprint density at radius 1 is 0.964 bits per heavy atom. The predicted octanol–water partition coefficient (Wildman–Crippen LogP) is 2.87. The van der Waals surface area contributed by atoms with Gasteiger partial charge in [0.2, 0.25) is 0 Å². The van der Waals surface area contributed by atoms with Crippen LogP contribution in [0, 0.1) is 13.8 Å². The predicted molar refractivity (Wildman–Crippen MR) is 113 cm³/mol. The van der Waals surface area contributed by atoms with Gasteiger partial charge >= 0.3 is 0 Å². The maximum absolute atomic E-state index is 13.1. The van der Waals surface area contributed by atoms with Crippen LogP contribution in [0.1, 0.15) is 41.0 Å². The third-order valence-electron chi connectivity index (χ3n) is 6.12. The molecule has 0 bridgehead atoms. The maximum atomic E-state index is 13.1. The fraction of sp³-hybridized carbons (Fsp3) is 0.545. The zero-order chi connectivity index (χ0) is 19.7. The van der Waals surface area contributed by atoms with Gasteiger partial charge in [-0.1, -0.05) is 0 Å². The molecule has 1 amide bonds. The Morgan fingerprint density at radius 2 is 1.68 bits per heavy atom. The molecule has 2 fully saturated rings. The summed E-state index contributed by atoms with van der Waals surface area (Å²) in [7, 11) is 2.11. The topological polar surface area (TPSA) is 44.6 Å². The molecule has 2 aliphatic heterocycles. The number of nitrogens with zero attached hydrogens (tertiary/aromatic N) is 5. The lowest BCUT2D eigenvalue weighted by Crippen LogP contribution is -2.47. The molecule has 0 unspecified atom stereocenters. The summed E-state index contributed by atoms with van der Waals surface area (Å²) in [5.74, 6) is 1.20. The monoisotopic (exact) mass is 381 g/mol. The van der Waals surface area contributed by atoms with Gasteiger partial charge < -0.3 is 19.3 Å². The highest BCUT2D eigenvalue weighted by Gasteiger charge is 2.24. The van der Waals surface area contributed by atoms with E-state index < -0.39 is 0 Å². The van der Waals surface area contributed by atoms with Crippen LogP contribution >= 0.6 is 0 Å². The molecule has 6 heteroatoms. The summed E-state index contributed by atoms with van der Waals surface area (Å²) in [6.45, 7) is 9.76. The van der Waals surface area contributed by atoms with Crippen LogP contribution < -0.4 is 4.90 Å². The fourth-order valence-corrected chi connectivity index (χ4v) is 4.38. The highest BCUT2D eigenvalue weighted by molar-refractivity contribution is 5.96. The molecule has 2 saturated heterocycles. The number of anilines is 1.